The summed E-state index contributed by atoms with van der Waals surface area (Å²) in [5.74, 6) is -0.470. The molecule has 0 radical (unpaired) electrons. The molecule has 6 heteroatoms. The molecule has 0 spiro atoms. The first-order chi connectivity index (χ1) is 23.9. The van der Waals surface area contributed by atoms with Crippen molar-refractivity contribution in [2.45, 2.75) is 245 Å². The van der Waals surface area contributed by atoms with Gasteiger partial charge in [-0.05, 0) is 26.7 Å². The van der Waals surface area contributed by atoms with E-state index in [4.69, 9.17) is 9.47 Å². The monoisotopic (exact) mass is 696 g/mol. The van der Waals surface area contributed by atoms with Crippen LogP contribution >= 0.6 is 0 Å². The Bertz CT molecular complexity index is 712. The van der Waals surface area contributed by atoms with E-state index in [0.717, 1.165) is 32.1 Å². The van der Waals surface area contributed by atoms with Gasteiger partial charge in [-0.1, -0.05) is 194 Å². The summed E-state index contributed by atoms with van der Waals surface area (Å²) in [6, 6.07) is 0. The van der Waals surface area contributed by atoms with Crippen LogP contribution in [0.25, 0.3) is 0 Å². The topological polar surface area (TPSA) is 84.9 Å². The van der Waals surface area contributed by atoms with Gasteiger partial charge in [-0.2, -0.15) is 0 Å². The van der Waals surface area contributed by atoms with Crippen LogP contribution in [0, 0.1) is 0 Å². The number of carbonyl (C=O) groups excluding carboxylic acids is 2. The lowest BCUT2D eigenvalue weighted by atomic mass is 10.0. The molecule has 0 rings (SSSR count). The first-order valence-electron chi connectivity index (χ1n) is 21.6. The smallest absolute Gasteiger partial charge is 0.306 e. The van der Waals surface area contributed by atoms with Crippen molar-refractivity contribution in [1.82, 2.24) is 5.32 Å². The molecule has 0 saturated heterocycles. The molecule has 0 aliphatic carbocycles. The molecule has 0 heterocycles. The maximum absolute atomic E-state index is 12.7. The average molecular weight is 696 g/mol. The molecular formula is C43H85NO5. The minimum atomic E-state index is -0.945. The van der Waals surface area contributed by atoms with E-state index in [1.54, 1.807) is 0 Å². The molecule has 1 unspecified atom stereocenters. The molecule has 0 amide bonds. The highest BCUT2D eigenvalue weighted by atomic mass is 16.6. The summed E-state index contributed by atoms with van der Waals surface area (Å²) >= 11 is 0. The fraction of sp³-hybridized carbons (Fsp3) is 0.953. The standard InChI is InChI=1S/C43H85NO5/c1-5-7-9-11-13-15-17-19-21-23-25-27-29-31-33-35-41(46)48-40(39-44-37-38-45)43(3,4)49-42(47)36-34-32-30-28-26-24-22-20-18-16-14-12-10-8-6-2/h40,44-45H,5-39H2,1-4H3. The molecule has 1 atom stereocenters. The fourth-order valence-corrected chi connectivity index (χ4v) is 6.65. The van der Waals surface area contributed by atoms with Crippen LogP contribution in [0.3, 0.4) is 0 Å². The number of carbonyl (C=O) groups is 2. The van der Waals surface area contributed by atoms with Crippen molar-refractivity contribution in [1.29, 1.82) is 0 Å². The second-order valence-corrected chi connectivity index (χ2v) is 15.4. The van der Waals surface area contributed by atoms with Gasteiger partial charge >= 0.3 is 11.9 Å². The predicted octanol–water partition coefficient (Wildman–Crippen LogP) is 12.3. The van der Waals surface area contributed by atoms with Gasteiger partial charge in [0.1, 0.15) is 5.60 Å². The number of rotatable bonds is 39. The molecule has 0 fully saturated rings. The van der Waals surface area contributed by atoms with Crippen LogP contribution in [0.15, 0.2) is 0 Å². The summed E-state index contributed by atoms with van der Waals surface area (Å²) in [6.07, 6.45) is 38.9. The molecule has 0 aliphatic heterocycles. The summed E-state index contributed by atoms with van der Waals surface area (Å²) in [6.45, 7) is 8.93. The minimum absolute atomic E-state index is 0.000792. The molecule has 0 aliphatic rings. The van der Waals surface area contributed by atoms with E-state index in [1.165, 1.54) is 161 Å². The lowest BCUT2D eigenvalue weighted by molar-refractivity contribution is -0.181. The molecule has 6 nitrogen and oxygen atoms in total. The molecule has 0 saturated carbocycles. The van der Waals surface area contributed by atoms with E-state index < -0.39 is 11.7 Å². The highest BCUT2D eigenvalue weighted by Gasteiger charge is 2.36. The van der Waals surface area contributed by atoms with E-state index in [2.05, 4.69) is 19.2 Å². The molecular weight excluding hydrogens is 610 g/mol. The Labute approximate surface area is 305 Å². The summed E-state index contributed by atoms with van der Waals surface area (Å²) in [4.78, 5) is 25.5. The van der Waals surface area contributed by atoms with Gasteiger partial charge in [0.2, 0.25) is 0 Å². The Morgan fingerprint density at radius 1 is 0.510 bits per heavy atom. The van der Waals surface area contributed by atoms with Gasteiger partial charge in [0, 0.05) is 25.9 Å². The average Bonchev–Trinajstić information content (AvgIpc) is 3.07. The van der Waals surface area contributed by atoms with E-state index in [-0.39, 0.29) is 18.5 Å². The van der Waals surface area contributed by atoms with Gasteiger partial charge < -0.3 is 19.9 Å². The van der Waals surface area contributed by atoms with Crippen LogP contribution in [0.1, 0.15) is 233 Å². The third-order valence-electron chi connectivity index (χ3n) is 10.0. The third-order valence-corrected chi connectivity index (χ3v) is 10.0. The van der Waals surface area contributed by atoms with Gasteiger partial charge in [0.15, 0.2) is 6.10 Å². The molecule has 49 heavy (non-hydrogen) atoms. The van der Waals surface area contributed by atoms with Crippen LogP contribution in [-0.2, 0) is 19.1 Å². The lowest BCUT2D eigenvalue weighted by Gasteiger charge is -2.33. The number of aliphatic hydroxyl groups is 1. The van der Waals surface area contributed by atoms with E-state index in [9.17, 15) is 14.7 Å². The Morgan fingerprint density at radius 2 is 0.816 bits per heavy atom. The number of hydrogen-bond donors (Lipinski definition) is 2. The molecule has 0 bridgehead atoms. The highest BCUT2D eigenvalue weighted by Crippen LogP contribution is 2.22. The normalized spacial score (nSPS) is 12.3. The van der Waals surface area contributed by atoms with Crippen molar-refractivity contribution in [3.8, 4) is 0 Å². The first kappa shape index (κ1) is 47.9. The number of ether oxygens (including phenoxy) is 2. The molecule has 0 aromatic rings. The molecule has 292 valence electrons. The number of unbranched alkanes of at least 4 members (excludes halogenated alkanes) is 28. The fourth-order valence-electron chi connectivity index (χ4n) is 6.65. The largest absolute Gasteiger partial charge is 0.457 e. The summed E-state index contributed by atoms with van der Waals surface area (Å²) < 4.78 is 11.7. The zero-order chi connectivity index (χ0) is 36.1. The van der Waals surface area contributed by atoms with Crippen LogP contribution < -0.4 is 5.32 Å². The predicted molar refractivity (Wildman–Crippen MR) is 209 cm³/mol. The van der Waals surface area contributed by atoms with Crippen molar-refractivity contribution in [2.75, 3.05) is 19.7 Å². The summed E-state index contributed by atoms with van der Waals surface area (Å²) in [5, 5.41) is 12.3. The number of esters is 2. The van der Waals surface area contributed by atoms with E-state index in [0.29, 0.717) is 25.9 Å². The second kappa shape index (κ2) is 36.6. The highest BCUT2D eigenvalue weighted by molar-refractivity contribution is 5.71. The lowest BCUT2D eigenvalue weighted by Crippen LogP contribution is -2.49. The summed E-state index contributed by atoms with van der Waals surface area (Å²) in [7, 11) is 0. The van der Waals surface area contributed by atoms with Gasteiger partial charge in [-0.15, -0.1) is 0 Å². The number of hydrogen-bond acceptors (Lipinski definition) is 6. The Balaban J connectivity index is 4.04. The Morgan fingerprint density at radius 3 is 1.14 bits per heavy atom. The van der Waals surface area contributed by atoms with Gasteiger partial charge in [0.05, 0.1) is 6.61 Å². The number of aliphatic hydroxyl groups excluding tert-OH is 1. The van der Waals surface area contributed by atoms with Crippen LogP contribution in [0.4, 0.5) is 0 Å². The first-order valence-corrected chi connectivity index (χ1v) is 21.6. The maximum atomic E-state index is 12.7. The van der Waals surface area contributed by atoms with Crippen molar-refractivity contribution in [3.63, 3.8) is 0 Å². The Kier molecular flexibility index (Phi) is 35.8. The van der Waals surface area contributed by atoms with E-state index in [1.807, 2.05) is 13.8 Å². The second-order valence-electron chi connectivity index (χ2n) is 15.4. The van der Waals surface area contributed by atoms with Crippen LogP contribution in [0.5, 0.6) is 0 Å². The van der Waals surface area contributed by atoms with Gasteiger partial charge in [-0.3, -0.25) is 9.59 Å². The van der Waals surface area contributed by atoms with Crippen molar-refractivity contribution >= 4 is 11.9 Å². The quantitative estimate of drug-likeness (QED) is 0.0492. The van der Waals surface area contributed by atoms with Crippen LogP contribution in [0.2, 0.25) is 0 Å². The third kappa shape index (κ3) is 33.7. The SMILES string of the molecule is CCCCCCCCCCCCCCCCCC(=O)OC(CNCCO)C(C)(C)OC(=O)CCCCCCCCCCCCCCCCC. The zero-order valence-corrected chi connectivity index (χ0v) is 33.4. The minimum Gasteiger partial charge on any atom is -0.457 e. The van der Waals surface area contributed by atoms with Crippen molar-refractivity contribution < 1.29 is 24.2 Å². The van der Waals surface area contributed by atoms with Crippen molar-refractivity contribution in [2.24, 2.45) is 0 Å². The van der Waals surface area contributed by atoms with Crippen LogP contribution in [-0.4, -0.2) is 48.4 Å². The van der Waals surface area contributed by atoms with Gasteiger partial charge in [0.25, 0.3) is 0 Å². The van der Waals surface area contributed by atoms with E-state index >= 15 is 0 Å². The van der Waals surface area contributed by atoms with Crippen molar-refractivity contribution in [3.05, 3.63) is 0 Å². The Hall–Kier alpha value is -1.14. The zero-order valence-electron chi connectivity index (χ0n) is 33.4. The molecule has 0 aromatic carbocycles. The molecule has 2 N–H and O–H groups in total. The molecule has 0 aromatic heterocycles. The van der Waals surface area contributed by atoms with Gasteiger partial charge in [-0.25, -0.2) is 0 Å². The number of nitrogens with one attached hydrogen (secondary N) is 1. The summed E-state index contributed by atoms with van der Waals surface area (Å²) in [5.41, 5.74) is -0.945. The maximum Gasteiger partial charge on any atom is 0.306 e.